The van der Waals surface area contributed by atoms with Gasteiger partial charge in [0.15, 0.2) is 11.0 Å². The molecule has 0 radical (unpaired) electrons. The normalized spacial score (nSPS) is 13.0. The highest BCUT2D eigenvalue weighted by Gasteiger charge is 2.32. The minimum Gasteiger partial charge on any atom is -0.229 e. The Kier molecular flexibility index (Phi) is 5.02. The Bertz CT molecular complexity index is 986. The van der Waals surface area contributed by atoms with E-state index < -0.39 is 16.1 Å². The van der Waals surface area contributed by atoms with Crippen LogP contribution in [0, 0.1) is 0 Å². The summed E-state index contributed by atoms with van der Waals surface area (Å²) in [5.74, 6) is 1.82. The maximum Gasteiger partial charge on any atom is 0.264 e. The second-order valence-electron chi connectivity index (χ2n) is 10.1. The lowest BCUT2D eigenvalue weighted by Crippen LogP contribution is -2.47. The van der Waals surface area contributed by atoms with E-state index in [9.17, 15) is 0 Å². The molecule has 144 valence electrons. The van der Waals surface area contributed by atoms with Crippen molar-refractivity contribution in [1.29, 1.82) is 0 Å². The minimum atomic E-state index is -1.51. The Morgan fingerprint density at radius 2 is 1.48 bits per heavy atom. The highest BCUT2D eigenvalue weighted by molar-refractivity contribution is 6.92. The third-order valence-electron chi connectivity index (χ3n) is 5.48. The monoisotopic (exact) mass is 395 g/mol. The van der Waals surface area contributed by atoms with Crippen LogP contribution in [0.15, 0.2) is 42.5 Å². The van der Waals surface area contributed by atoms with Crippen LogP contribution in [-0.4, -0.2) is 20.7 Å². The van der Waals surface area contributed by atoms with Gasteiger partial charge in [-0.15, -0.1) is 0 Å². The van der Waals surface area contributed by atoms with Crippen LogP contribution >= 0.6 is 0 Å². The molecule has 0 saturated carbocycles. The van der Waals surface area contributed by atoms with Crippen LogP contribution in [-0.2, 0) is 7.05 Å². The van der Waals surface area contributed by atoms with Crippen molar-refractivity contribution in [2.24, 2.45) is 7.05 Å². The third-order valence-corrected chi connectivity index (χ3v) is 9.54. The lowest BCUT2D eigenvalue weighted by atomic mass is 10.2. The van der Waals surface area contributed by atoms with Crippen molar-refractivity contribution >= 4 is 37.6 Å². The van der Waals surface area contributed by atoms with Crippen molar-refractivity contribution in [1.82, 2.24) is 4.57 Å². The first-order valence-electron chi connectivity index (χ1n) is 10.1. The van der Waals surface area contributed by atoms with E-state index in [2.05, 4.69) is 112 Å². The van der Waals surface area contributed by atoms with Crippen LogP contribution in [0.3, 0.4) is 0 Å². The molecule has 2 nitrogen and oxygen atoms in total. The number of fused-ring (bicyclic) bond motifs is 1. The van der Waals surface area contributed by atoms with Crippen molar-refractivity contribution in [3.05, 3.63) is 48.3 Å². The fourth-order valence-corrected chi connectivity index (χ4v) is 6.89. The average Bonchev–Trinajstić information content (AvgIpc) is 2.86. The average molecular weight is 396 g/mol. The van der Waals surface area contributed by atoms with Gasteiger partial charge in [0.1, 0.15) is 5.69 Å². The van der Waals surface area contributed by atoms with Crippen molar-refractivity contribution in [3.63, 3.8) is 0 Å². The summed E-state index contributed by atoms with van der Waals surface area (Å²) in [5.41, 5.74) is 4.00. The molecule has 0 amide bonds. The summed E-state index contributed by atoms with van der Waals surface area (Å²) in [6, 6.07) is 16.2. The molecular formula is C23H35N2Si2+. The molecule has 0 bridgehead atoms. The van der Waals surface area contributed by atoms with Crippen LogP contribution in [0.2, 0.25) is 39.3 Å². The van der Waals surface area contributed by atoms with E-state index in [-0.39, 0.29) is 0 Å². The molecule has 2 aromatic carbocycles. The zero-order valence-electron chi connectivity index (χ0n) is 18.5. The quantitative estimate of drug-likeness (QED) is 0.448. The Morgan fingerprint density at radius 3 is 2.04 bits per heavy atom. The van der Waals surface area contributed by atoms with Crippen molar-refractivity contribution < 1.29 is 4.57 Å². The summed E-state index contributed by atoms with van der Waals surface area (Å²) in [5, 5.41) is 3.14. The van der Waals surface area contributed by atoms with E-state index in [4.69, 9.17) is 0 Å². The fraction of sp³-hybridized carbons (Fsp3) is 0.435. The summed E-state index contributed by atoms with van der Waals surface area (Å²) >= 11 is 0. The van der Waals surface area contributed by atoms with Gasteiger partial charge < -0.3 is 0 Å². The van der Waals surface area contributed by atoms with Gasteiger partial charge in [0.25, 0.3) is 5.82 Å². The zero-order valence-corrected chi connectivity index (χ0v) is 20.5. The minimum absolute atomic E-state index is 0.452. The molecule has 1 heterocycles. The number of hydrogen-bond acceptors (Lipinski definition) is 0. The number of para-hydroxylation sites is 2. The van der Waals surface area contributed by atoms with Gasteiger partial charge in [-0.25, -0.2) is 4.57 Å². The molecule has 3 aromatic rings. The predicted octanol–water partition coefficient (Wildman–Crippen LogP) is 4.67. The van der Waals surface area contributed by atoms with Gasteiger partial charge in [-0.1, -0.05) is 82.6 Å². The summed E-state index contributed by atoms with van der Waals surface area (Å²) in [7, 11) is -0.651. The predicted molar refractivity (Wildman–Crippen MR) is 125 cm³/mol. The fourth-order valence-electron chi connectivity index (χ4n) is 4.03. The Labute approximate surface area is 166 Å². The van der Waals surface area contributed by atoms with Crippen molar-refractivity contribution in [2.75, 3.05) is 0 Å². The molecule has 0 fully saturated rings. The second kappa shape index (κ2) is 6.75. The van der Waals surface area contributed by atoms with Crippen LogP contribution in [0.4, 0.5) is 0 Å². The smallest absolute Gasteiger partial charge is 0.229 e. The van der Waals surface area contributed by atoms with Crippen LogP contribution in [0.5, 0.6) is 0 Å². The highest BCUT2D eigenvalue weighted by atomic mass is 28.3. The van der Waals surface area contributed by atoms with Crippen LogP contribution in [0.25, 0.3) is 16.7 Å². The molecule has 0 spiro atoms. The maximum absolute atomic E-state index is 2.55. The third kappa shape index (κ3) is 3.57. The zero-order chi connectivity index (χ0) is 20.1. The lowest BCUT2D eigenvalue weighted by Gasteiger charge is -2.24. The van der Waals surface area contributed by atoms with Crippen LogP contribution in [0.1, 0.15) is 25.6 Å². The molecule has 0 aliphatic rings. The van der Waals surface area contributed by atoms with Gasteiger partial charge in [-0.2, -0.15) is 4.57 Å². The molecular weight excluding hydrogens is 360 g/mol. The van der Waals surface area contributed by atoms with E-state index in [1.807, 2.05) is 0 Å². The summed E-state index contributed by atoms with van der Waals surface area (Å²) < 4.78 is 4.90. The van der Waals surface area contributed by atoms with Gasteiger partial charge in [-0.3, -0.25) is 0 Å². The number of benzene rings is 2. The van der Waals surface area contributed by atoms with Gasteiger partial charge in [0.05, 0.1) is 29.1 Å². The first-order chi connectivity index (χ1) is 12.4. The molecule has 3 rings (SSSR count). The standard InChI is InChI=1S/C23H35N2Si2/c1-17(2)23-24(3)19-12-10-11-13-20(19)25(23)21-15-14-18(26(4,5)6)16-22(21)27(7,8)9/h10-17H,1-9H3/q+1. The summed E-state index contributed by atoms with van der Waals surface area (Å²) in [6.45, 7) is 19.4. The lowest BCUT2D eigenvalue weighted by molar-refractivity contribution is -0.654. The first-order valence-corrected chi connectivity index (χ1v) is 17.1. The Balaban J connectivity index is 2.43. The van der Waals surface area contributed by atoms with Crippen molar-refractivity contribution in [2.45, 2.75) is 59.0 Å². The summed E-state index contributed by atoms with van der Waals surface area (Å²) in [4.78, 5) is 0. The van der Waals surface area contributed by atoms with Crippen molar-refractivity contribution in [3.8, 4) is 5.69 Å². The van der Waals surface area contributed by atoms with Gasteiger partial charge >= 0.3 is 0 Å². The van der Waals surface area contributed by atoms with E-state index in [1.165, 1.54) is 22.5 Å². The molecule has 4 heteroatoms. The van der Waals surface area contributed by atoms with E-state index in [0.717, 1.165) is 0 Å². The maximum atomic E-state index is 2.55. The van der Waals surface area contributed by atoms with E-state index in [1.54, 1.807) is 10.4 Å². The number of hydrogen-bond donors (Lipinski definition) is 0. The van der Waals surface area contributed by atoms with E-state index >= 15 is 0 Å². The highest BCUT2D eigenvalue weighted by Crippen LogP contribution is 2.25. The number of rotatable bonds is 4. The van der Waals surface area contributed by atoms with Gasteiger partial charge in [-0.05, 0) is 23.4 Å². The largest absolute Gasteiger partial charge is 0.264 e. The van der Waals surface area contributed by atoms with Crippen LogP contribution < -0.4 is 14.9 Å². The number of aromatic nitrogens is 2. The SMILES string of the molecule is CC(C)c1n(-c2ccc([Si](C)(C)C)cc2[Si](C)(C)C)c2ccccc2[n+]1C. The molecule has 0 unspecified atom stereocenters. The molecule has 0 aliphatic heterocycles. The number of nitrogens with zero attached hydrogens (tertiary/aromatic N) is 2. The molecule has 0 atom stereocenters. The Morgan fingerprint density at radius 1 is 0.852 bits per heavy atom. The number of imidazole rings is 1. The topological polar surface area (TPSA) is 8.81 Å². The molecule has 0 N–H and O–H groups in total. The first kappa shape index (κ1) is 20.1. The number of aryl methyl sites for hydroxylation is 1. The van der Waals surface area contributed by atoms with Gasteiger partial charge in [0, 0.05) is 0 Å². The van der Waals surface area contributed by atoms with E-state index in [0.29, 0.717) is 5.92 Å². The summed E-state index contributed by atoms with van der Waals surface area (Å²) in [6.07, 6.45) is 0. The molecule has 0 aliphatic carbocycles. The molecule has 1 aromatic heterocycles. The second-order valence-corrected chi connectivity index (χ2v) is 20.2. The Hall–Kier alpha value is -1.66. The van der Waals surface area contributed by atoms with Gasteiger partial charge in [0.2, 0.25) is 0 Å². The molecule has 0 saturated heterocycles. The molecule has 27 heavy (non-hydrogen) atoms.